The molecule has 2 nitrogen and oxygen atoms in total. The first-order chi connectivity index (χ1) is 42.9. The Morgan fingerprint density at radius 2 is 0.573 bits per heavy atom. The normalized spacial score (nSPS) is 10.8. The number of hydrogen-bond acceptors (Lipinski definition) is 2. The molecule has 0 aliphatic heterocycles. The molecule has 0 heterocycles. The van der Waals surface area contributed by atoms with Crippen LogP contribution in [0.5, 0.6) is 0 Å². The maximum absolute atomic E-state index is 5.70. The number of anilines is 4. The van der Waals surface area contributed by atoms with Crippen molar-refractivity contribution in [3.63, 3.8) is 0 Å². The molecule has 0 aromatic heterocycles. The third-order valence-corrected chi connectivity index (χ3v) is 16.9. The third kappa shape index (κ3) is 13.7. The Bertz CT molecular complexity index is 4810. The van der Waals surface area contributed by atoms with Gasteiger partial charge in [0.2, 0.25) is 0 Å². The molecule has 0 bridgehead atoms. The van der Waals surface area contributed by atoms with Crippen molar-refractivity contribution in [1.29, 1.82) is 0 Å². The highest BCUT2D eigenvalue weighted by Gasteiger charge is 2.16. The average Bonchev–Trinajstić information content (AvgIpc) is 0.778. The quantitative estimate of drug-likeness (QED) is 0.0979. The van der Waals surface area contributed by atoms with E-state index in [1.807, 2.05) is 30.3 Å². The fourth-order valence-corrected chi connectivity index (χ4v) is 12.3. The molecule has 0 saturated heterocycles. The molecule has 15 aromatic rings. The second-order valence-electron chi connectivity index (χ2n) is 22.4. The fraction of sp³-hybridized carbons (Fsp3) is 0.0488. The Morgan fingerprint density at radius 1 is 0.292 bits per heavy atom. The van der Waals surface area contributed by atoms with Gasteiger partial charge >= 0.3 is 0 Å². The minimum absolute atomic E-state index is 0. The molecule has 0 unspecified atom stereocenters. The van der Waals surface area contributed by atoms with E-state index in [1.165, 1.54) is 126 Å². The van der Waals surface area contributed by atoms with Gasteiger partial charge in [0.25, 0.3) is 0 Å². The predicted octanol–water partition coefficient (Wildman–Crippen LogP) is 23.2. The first-order valence-corrected chi connectivity index (χ1v) is 30.5. The van der Waals surface area contributed by atoms with E-state index in [0.717, 1.165) is 27.2 Å². The van der Waals surface area contributed by atoms with Gasteiger partial charge in [-0.15, -0.1) is 0 Å². The summed E-state index contributed by atoms with van der Waals surface area (Å²) in [6.07, 6.45) is -0.667. The van der Waals surface area contributed by atoms with Crippen LogP contribution in [0.25, 0.3) is 109 Å². The average molecular weight is 1210 g/mol. The molecule has 7 heteroatoms. The summed E-state index contributed by atoms with van der Waals surface area (Å²) in [4.78, 5) is 2.39. The summed E-state index contributed by atoms with van der Waals surface area (Å²) in [7, 11) is 14.0. The van der Waals surface area contributed by atoms with Crippen LogP contribution < -0.4 is 10.6 Å². The number of hydrogen-bond donors (Lipinski definition) is 1. The molecule has 15 aromatic carbocycles. The first-order valence-electron chi connectivity index (χ1n) is 29.7. The Labute approximate surface area is 541 Å². The number of rotatable bonds is 7. The summed E-state index contributed by atoms with van der Waals surface area (Å²) in [6, 6.07) is 109. The van der Waals surface area contributed by atoms with Gasteiger partial charge in [-0.05, 0) is 207 Å². The van der Waals surface area contributed by atoms with Gasteiger partial charge in [0.05, 0.1) is 0 Å². The van der Waals surface area contributed by atoms with Crippen molar-refractivity contribution >= 4 is 133 Å². The number of fused-ring (bicyclic) bond motifs is 9. The molecule has 0 amide bonds. The Kier molecular flexibility index (Phi) is 18.8. The molecular formula is C82H71B4BrN2. The van der Waals surface area contributed by atoms with Gasteiger partial charge in [0, 0.05) is 61.1 Å². The molecule has 0 atom stereocenters. The lowest BCUT2D eigenvalue weighted by Crippen LogP contribution is -2.11. The second-order valence-corrected chi connectivity index (χ2v) is 23.3. The summed E-state index contributed by atoms with van der Waals surface area (Å²) in [6.45, 7) is 6.54. The molecule has 0 spiro atoms. The maximum Gasteiger partial charge on any atom is 0.0468 e. The minimum atomic E-state index is -0.667. The molecule has 15 rings (SSSR count). The molecule has 89 heavy (non-hydrogen) atoms. The molecule has 0 saturated carbocycles. The lowest BCUT2D eigenvalue weighted by Gasteiger charge is -2.27. The van der Waals surface area contributed by atoms with Crippen LogP contribution in [-0.2, 0) is 0 Å². The molecule has 0 aliphatic rings. The summed E-state index contributed by atoms with van der Waals surface area (Å²) in [5.74, 6) is 0. The van der Waals surface area contributed by atoms with Crippen LogP contribution in [0.4, 0.5) is 22.7 Å². The van der Waals surface area contributed by atoms with Crippen molar-refractivity contribution < 1.29 is 4.28 Å². The van der Waals surface area contributed by atoms with E-state index in [9.17, 15) is 0 Å². The lowest BCUT2D eigenvalue weighted by atomic mass is 9.08. The zero-order valence-corrected chi connectivity index (χ0v) is 51.2. The number of benzene rings is 15. The van der Waals surface area contributed by atoms with E-state index < -0.39 is 6.39 Å². The predicted molar refractivity (Wildman–Crippen MR) is 403 cm³/mol. The molecule has 0 aliphatic carbocycles. The number of halogens is 1. The van der Waals surface area contributed by atoms with Crippen LogP contribution >= 0.6 is 15.9 Å². The highest BCUT2D eigenvalue weighted by atomic mass is 79.9. The number of aryl methyl sites for hydroxylation is 3. The highest BCUT2D eigenvalue weighted by molar-refractivity contribution is 9.10. The third-order valence-electron chi connectivity index (χ3n) is 16.4. The molecular weight excluding hydrogens is 1140 g/mol. The molecule has 0 fully saturated rings. The van der Waals surface area contributed by atoms with Crippen LogP contribution in [0.1, 0.15) is 28.4 Å². The summed E-state index contributed by atoms with van der Waals surface area (Å²) >= 11 is 3.51. The summed E-state index contributed by atoms with van der Waals surface area (Å²) in [5, 5.41) is 15.5. The monoisotopic (exact) mass is 1210 g/mol. The van der Waals surface area contributed by atoms with Gasteiger partial charge in [-0.25, -0.2) is 0 Å². The smallest absolute Gasteiger partial charge is 0.0468 e. The molecule has 428 valence electrons. The van der Waals surface area contributed by atoms with Crippen molar-refractivity contribution in [1.82, 2.24) is 0 Å². The Morgan fingerprint density at radius 3 is 0.933 bits per heavy atom. The highest BCUT2D eigenvalue weighted by Crippen LogP contribution is 2.41. The minimum Gasteiger partial charge on any atom is -0.399 e. The summed E-state index contributed by atoms with van der Waals surface area (Å²) in [5.41, 5.74) is 23.6. The van der Waals surface area contributed by atoms with Crippen molar-refractivity contribution in [2.75, 3.05) is 10.6 Å². The van der Waals surface area contributed by atoms with Gasteiger partial charge in [0.15, 0.2) is 0 Å². The van der Waals surface area contributed by atoms with E-state index in [1.54, 1.807) is 0 Å². The van der Waals surface area contributed by atoms with Crippen LogP contribution in [0.15, 0.2) is 308 Å². The van der Waals surface area contributed by atoms with E-state index in [4.69, 9.17) is 5.73 Å². The van der Waals surface area contributed by atoms with Crippen molar-refractivity contribution in [2.45, 2.75) is 28.2 Å². The van der Waals surface area contributed by atoms with Crippen molar-refractivity contribution in [3.8, 4) is 44.5 Å². The SMILES string of the molecule is C.Cc1cccc2c1ccc1cc(Br)ccc12.Cc1cccc2c1ccc1cc(N(c3ccc(-c4ccc(-c5ccccc5)cc4)cc3)c3ccc4c(ccc5c(C)cccc54)c3)ccc12.Nc1ccc(-c2ccc(-c3ccccc3)cc2)cc1.[B]B([B])[B].[HH].[HH].[HH]. The molecule has 6 radical (unpaired) electrons. The van der Waals surface area contributed by atoms with Gasteiger partial charge in [-0.2, -0.15) is 0 Å². The zero-order chi connectivity index (χ0) is 60.7. The fourth-order valence-electron chi connectivity index (χ4n) is 11.9. The van der Waals surface area contributed by atoms with E-state index in [0.29, 0.717) is 0 Å². The standard InChI is InChI=1S/C48H35N.C18H15N.C15H11Br.CH4.B4.3H2/c1-32-8-6-12-47-43(32)26-20-38-30-41(24-28-45(38)47)49(42-25-29-46-39(31-42)21-27-44-33(2)9-7-13-48(44)46)40-22-18-37(19-23-40)36-16-14-35(15-17-36)34-10-4-3-5-11-34;19-18-12-10-17(11-13-18)16-8-6-15(7-9-16)14-4-2-1-3-5-14;1-10-3-2-4-15-13(10)7-5-11-9-12(16)6-8-14(11)15;;1-4(2)3;;;/h3-31H,1-2H3;1-13H,19H2;2-9H,1H3;1H4;;3*1H. The number of nitrogens with zero attached hydrogens (tertiary/aromatic N) is 1. The van der Waals surface area contributed by atoms with Gasteiger partial charge in [-0.3, -0.25) is 0 Å². The molecule has 2 N–H and O–H groups in total. The lowest BCUT2D eigenvalue weighted by molar-refractivity contribution is 1.29. The maximum atomic E-state index is 5.70. The van der Waals surface area contributed by atoms with Gasteiger partial charge < -0.3 is 10.6 Å². The van der Waals surface area contributed by atoms with Crippen molar-refractivity contribution in [2.24, 2.45) is 0 Å². The van der Waals surface area contributed by atoms with Crippen LogP contribution in [0.3, 0.4) is 0 Å². The number of nitrogens with two attached hydrogens (primary N) is 1. The topological polar surface area (TPSA) is 29.3 Å². The Balaban J connectivity index is 0.000000207. The van der Waals surface area contributed by atoms with Gasteiger partial charge in [-0.1, -0.05) is 266 Å². The van der Waals surface area contributed by atoms with Gasteiger partial charge in [0.1, 0.15) is 0 Å². The van der Waals surface area contributed by atoms with E-state index in [-0.39, 0.29) is 11.7 Å². The van der Waals surface area contributed by atoms with Crippen LogP contribution in [0.2, 0.25) is 0 Å². The Hall–Kier alpha value is -9.80. The van der Waals surface area contributed by atoms with E-state index in [2.05, 4.69) is 338 Å². The second kappa shape index (κ2) is 27.5. The largest absolute Gasteiger partial charge is 0.399 e. The van der Waals surface area contributed by atoms with Crippen molar-refractivity contribution in [3.05, 3.63) is 324 Å². The van der Waals surface area contributed by atoms with E-state index >= 15 is 0 Å². The zero-order valence-electron chi connectivity index (χ0n) is 49.6. The summed E-state index contributed by atoms with van der Waals surface area (Å²) < 4.78 is 1.13. The van der Waals surface area contributed by atoms with Crippen LogP contribution in [-0.4, -0.2) is 29.6 Å². The number of nitrogen functional groups attached to an aromatic ring is 1. The van der Waals surface area contributed by atoms with Crippen LogP contribution in [0, 0.1) is 20.8 Å². The first kappa shape index (κ1) is 60.9.